The van der Waals surface area contributed by atoms with Crippen LogP contribution in [0.15, 0.2) is 42.5 Å². The number of hydrogen-bond donors (Lipinski definition) is 1. The van der Waals surface area contributed by atoms with Crippen LogP contribution in [0.25, 0.3) is 10.2 Å². The molecule has 0 fully saturated rings. The smallest absolute Gasteiger partial charge is 0.266 e. The van der Waals surface area contributed by atoms with Gasteiger partial charge in [-0.15, -0.1) is 0 Å². The first-order chi connectivity index (χ1) is 13.4. The molecular weight excluding hydrogens is 380 g/mol. The highest BCUT2D eigenvalue weighted by atomic mass is 32.1. The molecule has 1 amide bonds. The van der Waals surface area contributed by atoms with Crippen LogP contribution in [0.5, 0.6) is 5.75 Å². The number of fused-ring (bicyclic) bond motifs is 1. The summed E-state index contributed by atoms with van der Waals surface area (Å²) in [6.45, 7) is 14.8. The minimum atomic E-state index is -0.618. The van der Waals surface area contributed by atoms with Crippen LogP contribution in [0.2, 0.25) is 0 Å². The van der Waals surface area contributed by atoms with E-state index >= 15 is 0 Å². The summed E-state index contributed by atoms with van der Waals surface area (Å²) < 4.78 is 6.89. The van der Waals surface area contributed by atoms with Gasteiger partial charge in [-0.3, -0.25) is 10.1 Å². The molecular formula is C24H30N2O2S. The van der Waals surface area contributed by atoms with Crippen LogP contribution in [0.1, 0.15) is 59.6 Å². The first-order valence-electron chi connectivity index (χ1n) is 9.92. The molecule has 4 nitrogen and oxygen atoms in total. The van der Waals surface area contributed by atoms with Crippen LogP contribution in [-0.4, -0.2) is 17.0 Å². The first kappa shape index (κ1) is 21.3. The van der Waals surface area contributed by atoms with Crippen molar-refractivity contribution in [3.63, 3.8) is 0 Å². The molecule has 3 aromatic rings. The van der Waals surface area contributed by atoms with Gasteiger partial charge in [-0.05, 0) is 53.1 Å². The van der Waals surface area contributed by atoms with Crippen LogP contribution < -0.4 is 10.1 Å². The maximum atomic E-state index is 12.6. The van der Waals surface area contributed by atoms with Crippen molar-refractivity contribution in [3.8, 4) is 5.75 Å². The van der Waals surface area contributed by atoms with E-state index in [-0.39, 0.29) is 16.7 Å². The Kier molecular flexibility index (Phi) is 5.72. The molecule has 0 saturated heterocycles. The van der Waals surface area contributed by atoms with Crippen molar-refractivity contribution in [2.45, 2.75) is 65.4 Å². The second-order valence-electron chi connectivity index (χ2n) is 9.48. The zero-order chi connectivity index (χ0) is 21.4. The van der Waals surface area contributed by atoms with Crippen molar-refractivity contribution in [2.24, 2.45) is 0 Å². The molecule has 1 unspecified atom stereocenters. The van der Waals surface area contributed by atoms with Gasteiger partial charge in [0.2, 0.25) is 0 Å². The summed E-state index contributed by atoms with van der Waals surface area (Å²) in [6.07, 6.45) is -0.618. The Balaban J connectivity index is 1.67. The third-order valence-corrected chi connectivity index (χ3v) is 5.82. The number of ether oxygens (including phenoxy) is 1. The van der Waals surface area contributed by atoms with E-state index < -0.39 is 6.10 Å². The average molecular weight is 411 g/mol. The van der Waals surface area contributed by atoms with Gasteiger partial charge in [0.15, 0.2) is 11.2 Å². The number of carbonyl (C=O) groups excluding carboxylic acids is 1. The monoisotopic (exact) mass is 410 g/mol. The lowest BCUT2D eigenvalue weighted by Gasteiger charge is -2.20. The van der Waals surface area contributed by atoms with Crippen molar-refractivity contribution < 1.29 is 9.53 Å². The molecule has 5 heteroatoms. The maximum absolute atomic E-state index is 12.6. The summed E-state index contributed by atoms with van der Waals surface area (Å²) in [7, 11) is 0. The number of hydrogen-bond acceptors (Lipinski definition) is 4. The molecule has 1 atom stereocenters. The third-order valence-electron chi connectivity index (χ3n) is 4.89. The summed E-state index contributed by atoms with van der Waals surface area (Å²) in [6, 6.07) is 14.2. The van der Waals surface area contributed by atoms with E-state index in [0.29, 0.717) is 10.9 Å². The van der Waals surface area contributed by atoms with Gasteiger partial charge in [0.25, 0.3) is 5.91 Å². The van der Waals surface area contributed by atoms with Gasteiger partial charge in [-0.2, -0.15) is 0 Å². The second-order valence-corrected chi connectivity index (χ2v) is 10.5. The summed E-state index contributed by atoms with van der Waals surface area (Å²) in [5, 5.41) is 3.48. The number of carbonyl (C=O) groups is 1. The SMILES string of the molecule is CC(Oc1ccc(C(C)(C)C)cc1)C(=O)Nc1nc2ccc(C(C)(C)C)cc2s1. The topological polar surface area (TPSA) is 51.2 Å². The number of benzene rings is 2. The predicted molar refractivity (Wildman–Crippen MR) is 122 cm³/mol. The first-order valence-corrected chi connectivity index (χ1v) is 10.7. The molecule has 29 heavy (non-hydrogen) atoms. The molecule has 0 saturated carbocycles. The predicted octanol–water partition coefficient (Wildman–Crippen LogP) is 6.30. The Morgan fingerprint density at radius 1 is 0.966 bits per heavy atom. The van der Waals surface area contributed by atoms with Crippen LogP contribution in [0, 0.1) is 0 Å². The fourth-order valence-corrected chi connectivity index (χ4v) is 3.85. The highest BCUT2D eigenvalue weighted by Gasteiger charge is 2.19. The Bertz CT molecular complexity index is 1010. The molecule has 0 radical (unpaired) electrons. The zero-order valence-electron chi connectivity index (χ0n) is 18.3. The molecule has 2 aromatic carbocycles. The summed E-state index contributed by atoms with van der Waals surface area (Å²) in [5.41, 5.74) is 3.53. The number of thiazole rings is 1. The van der Waals surface area contributed by atoms with Crippen molar-refractivity contribution in [1.29, 1.82) is 0 Å². The Hall–Kier alpha value is -2.40. The molecule has 0 aliphatic rings. The quantitative estimate of drug-likeness (QED) is 0.549. The summed E-state index contributed by atoms with van der Waals surface area (Å²) in [5.74, 6) is 0.472. The van der Waals surface area contributed by atoms with Gasteiger partial charge >= 0.3 is 0 Å². The van der Waals surface area contributed by atoms with Crippen molar-refractivity contribution >= 4 is 32.6 Å². The lowest BCUT2D eigenvalue weighted by molar-refractivity contribution is -0.122. The van der Waals surface area contributed by atoms with E-state index in [1.54, 1.807) is 6.92 Å². The van der Waals surface area contributed by atoms with E-state index in [1.807, 2.05) is 30.3 Å². The van der Waals surface area contributed by atoms with Crippen molar-refractivity contribution in [3.05, 3.63) is 53.6 Å². The molecule has 3 rings (SSSR count). The highest BCUT2D eigenvalue weighted by Crippen LogP contribution is 2.31. The normalized spacial score (nSPS) is 13.3. The van der Waals surface area contributed by atoms with E-state index in [4.69, 9.17) is 4.74 Å². The van der Waals surface area contributed by atoms with E-state index in [9.17, 15) is 4.79 Å². The largest absolute Gasteiger partial charge is 0.481 e. The second kappa shape index (κ2) is 7.79. The number of amides is 1. The third kappa shape index (κ3) is 5.15. The number of rotatable bonds is 4. The molecule has 0 spiro atoms. The number of nitrogens with one attached hydrogen (secondary N) is 1. The van der Waals surface area contributed by atoms with Gasteiger partial charge in [-0.1, -0.05) is 71.1 Å². The number of aromatic nitrogens is 1. The van der Waals surface area contributed by atoms with Crippen LogP contribution in [0.3, 0.4) is 0 Å². The van der Waals surface area contributed by atoms with Crippen LogP contribution in [-0.2, 0) is 15.6 Å². The van der Waals surface area contributed by atoms with Crippen LogP contribution in [0.4, 0.5) is 5.13 Å². The van der Waals surface area contributed by atoms with E-state index in [1.165, 1.54) is 22.5 Å². The van der Waals surface area contributed by atoms with Gasteiger partial charge < -0.3 is 4.74 Å². The average Bonchev–Trinajstić information content (AvgIpc) is 3.02. The molecule has 0 aliphatic carbocycles. The van der Waals surface area contributed by atoms with Crippen LogP contribution >= 0.6 is 11.3 Å². The minimum absolute atomic E-state index is 0.0759. The van der Waals surface area contributed by atoms with Gasteiger partial charge in [0, 0.05) is 0 Å². The molecule has 0 bridgehead atoms. The number of anilines is 1. The fourth-order valence-electron chi connectivity index (χ4n) is 2.94. The minimum Gasteiger partial charge on any atom is -0.481 e. The summed E-state index contributed by atoms with van der Waals surface area (Å²) in [4.78, 5) is 17.1. The Morgan fingerprint density at radius 3 is 2.14 bits per heavy atom. The Labute approximate surface area is 177 Å². The molecule has 1 aromatic heterocycles. The summed E-state index contributed by atoms with van der Waals surface area (Å²) >= 11 is 1.49. The highest BCUT2D eigenvalue weighted by molar-refractivity contribution is 7.22. The van der Waals surface area contributed by atoms with Gasteiger partial charge in [0.1, 0.15) is 5.75 Å². The van der Waals surface area contributed by atoms with Gasteiger partial charge in [0.05, 0.1) is 10.2 Å². The lowest BCUT2D eigenvalue weighted by Crippen LogP contribution is -2.30. The molecule has 1 N–H and O–H groups in total. The zero-order valence-corrected chi connectivity index (χ0v) is 19.1. The maximum Gasteiger partial charge on any atom is 0.266 e. The number of nitrogens with zero attached hydrogens (tertiary/aromatic N) is 1. The lowest BCUT2D eigenvalue weighted by atomic mass is 9.87. The van der Waals surface area contributed by atoms with Crippen molar-refractivity contribution in [2.75, 3.05) is 5.32 Å². The fraction of sp³-hybridized carbons (Fsp3) is 0.417. The van der Waals surface area contributed by atoms with E-state index in [0.717, 1.165) is 10.2 Å². The van der Waals surface area contributed by atoms with Gasteiger partial charge in [-0.25, -0.2) is 4.98 Å². The molecule has 0 aliphatic heterocycles. The van der Waals surface area contributed by atoms with E-state index in [2.05, 4.69) is 64.0 Å². The molecule has 1 heterocycles. The Morgan fingerprint density at radius 2 is 1.55 bits per heavy atom. The van der Waals surface area contributed by atoms with Crippen molar-refractivity contribution in [1.82, 2.24) is 4.98 Å². The standard InChI is InChI=1S/C24H30N2O2S/c1-15(28-18-11-8-16(9-12-18)23(2,3)4)21(27)26-22-25-19-13-10-17(24(5,6)7)14-20(19)29-22/h8-15H,1-7H3,(H,25,26,27). The molecule has 154 valence electrons.